The fourth-order valence-electron chi connectivity index (χ4n) is 8.77. The van der Waals surface area contributed by atoms with E-state index in [1.807, 2.05) is 6.08 Å². The van der Waals surface area contributed by atoms with Gasteiger partial charge in [0.15, 0.2) is 5.78 Å². The highest BCUT2D eigenvalue weighted by Crippen LogP contribution is 2.73. The second-order valence-electron chi connectivity index (χ2n) is 10.7. The van der Waals surface area contributed by atoms with Crippen LogP contribution in [-0.2, 0) is 4.79 Å². The van der Waals surface area contributed by atoms with Gasteiger partial charge in [-0.3, -0.25) is 4.79 Å². The number of nitrogens with zero attached hydrogens (tertiary/aromatic N) is 1. The van der Waals surface area contributed by atoms with Crippen molar-refractivity contribution in [2.75, 3.05) is 0 Å². The summed E-state index contributed by atoms with van der Waals surface area (Å²) in [5, 5.41) is 10.3. The molecule has 0 aromatic rings. The molecule has 0 saturated heterocycles. The van der Waals surface area contributed by atoms with E-state index >= 15 is 0 Å². The van der Waals surface area contributed by atoms with Crippen molar-refractivity contribution >= 4 is 5.78 Å². The topological polar surface area (TPSA) is 40.9 Å². The minimum Gasteiger partial charge on any atom is -0.295 e. The van der Waals surface area contributed by atoms with Gasteiger partial charge in [0.05, 0.1) is 11.5 Å². The quantitative estimate of drug-likeness (QED) is 0.573. The third-order valence-electron chi connectivity index (χ3n) is 10.3. The molecule has 0 spiro atoms. The number of nitriles is 1. The van der Waals surface area contributed by atoms with Crippen molar-refractivity contribution in [3.63, 3.8) is 0 Å². The molecule has 148 valence electrons. The van der Waals surface area contributed by atoms with Crippen LogP contribution in [0.1, 0.15) is 86.0 Å². The van der Waals surface area contributed by atoms with Gasteiger partial charge in [-0.2, -0.15) is 5.26 Å². The predicted molar refractivity (Wildman–Crippen MR) is 109 cm³/mol. The predicted octanol–water partition coefficient (Wildman–Crippen LogP) is 6.32. The molecule has 4 aliphatic rings. The van der Waals surface area contributed by atoms with E-state index in [1.165, 1.54) is 31.3 Å². The lowest BCUT2D eigenvalue weighted by Gasteiger charge is -2.59. The first-order chi connectivity index (χ1) is 12.8. The maximum absolute atomic E-state index is 12.0. The van der Waals surface area contributed by atoms with Crippen LogP contribution in [0.15, 0.2) is 11.6 Å². The molecule has 3 unspecified atom stereocenters. The van der Waals surface area contributed by atoms with Crippen LogP contribution in [0.2, 0.25) is 0 Å². The first kappa shape index (κ1) is 19.2. The third-order valence-corrected chi connectivity index (χ3v) is 10.3. The first-order valence-corrected chi connectivity index (χ1v) is 11.4. The van der Waals surface area contributed by atoms with E-state index in [-0.39, 0.29) is 16.2 Å². The highest BCUT2D eigenvalue weighted by molar-refractivity contribution is 5.91. The zero-order valence-corrected chi connectivity index (χ0v) is 18.0. The van der Waals surface area contributed by atoms with Gasteiger partial charge in [0.25, 0.3) is 0 Å². The Balaban J connectivity index is 1.78. The molecular weight excluding hydrogens is 330 g/mol. The van der Waals surface area contributed by atoms with Crippen LogP contribution in [0.5, 0.6) is 0 Å². The van der Waals surface area contributed by atoms with Crippen LogP contribution >= 0.6 is 0 Å². The van der Waals surface area contributed by atoms with Gasteiger partial charge in [-0.05, 0) is 85.5 Å². The van der Waals surface area contributed by atoms with Crippen LogP contribution < -0.4 is 0 Å². The number of fused-ring (bicyclic) bond motifs is 5. The first-order valence-electron chi connectivity index (χ1n) is 11.4. The molecule has 4 aliphatic carbocycles. The molecule has 0 aromatic carbocycles. The van der Waals surface area contributed by atoms with Gasteiger partial charge in [0, 0.05) is 6.42 Å². The maximum Gasteiger partial charge on any atom is 0.155 e. The minimum atomic E-state index is -0.197. The van der Waals surface area contributed by atoms with Crippen molar-refractivity contribution in [3.8, 4) is 6.07 Å². The lowest BCUT2D eigenvalue weighted by molar-refractivity contribution is -0.118. The summed E-state index contributed by atoms with van der Waals surface area (Å²) in [6.45, 7) is 11.9. The molecule has 3 fully saturated rings. The highest BCUT2D eigenvalue weighted by Gasteiger charge is 2.68. The Hall–Kier alpha value is -1.10. The Kier molecular flexibility index (Phi) is 4.41. The molecule has 0 aliphatic heterocycles. The Labute approximate surface area is 165 Å². The fourth-order valence-corrected chi connectivity index (χ4v) is 8.77. The zero-order chi connectivity index (χ0) is 19.6. The monoisotopic (exact) mass is 367 g/mol. The fraction of sp³-hybridized carbons (Fsp3) is 0.840. The van der Waals surface area contributed by atoms with E-state index in [0.29, 0.717) is 29.5 Å². The molecule has 0 amide bonds. The van der Waals surface area contributed by atoms with Crippen LogP contribution in [0.25, 0.3) is 0 Å². The van der Waals surface area contributed by atoms with Crippen molar-refractivity contribution in [1.29, 1.82) is 5.26 Å². The molecule has 4 rings (SSSR count). The number of allylic oxidation sites excluding steroid dienone is 1. The summed E-state index contributed by atoms with van der Waals surface area (Å²) in [6, 6.07) is 2.86. The highest BCUT2D eigenvalue weighted by atomic mass is 16.1. The van der Waals surface area contributed by atoms with Crippen molar-refractivity contribution in [1.82, 2.24) is 0 Å². The number of rotatable bonds is 2. The average Bonchev–Trinajstić information content (AvgIpc) is 2.86. The van der Waals surface area contributed by atoms with E-state index in [1.54, 1.807) is 0 Å². The van der Waals surface area contributed by atoms with E-state index in [4.69, 9.17) is 0 Å². The second kappa shape index (κ2) is 6.20. The van der Waals surface area contributed by atoms with Gasteiger partial charge in [-0.1, -0.05) is 46.1 Å². The standard InChI is InChI=1S/C25H37NO/c1-6-18-20(7-2)25(5,15-26)24(4)13-11-21-19(22(18)24)9-8-16-14-17(27)10-12-23(16,21)3/h14,18-22H,6-13H2,1-5H3/t18?,19-,20?,21-,22+,23+,24+,25?/m1/s1. The molecule has 27 heavy (non-hydrogen) atoms. The summed E-state index contributed by atoms with van der Waals surface area (Å²) in [6.07, 6.45) is 10.9. The summed E-state index contributed by atoms with van der Waals surface area (Å²) >= 11 is 0. The van der Waals surface area contributed by atoms with Crippen LogP contribution in [0, 0.1) is 57.2 Å². The lowest BCUT2D eigenvalue weighted by Crippen LogP contribution is -2.52. The number of carbonyl (C=O) groups is 1. The Morgan fingerprint density at radius 1 is 1.11 bits per heavy atom. The van der Waals surface area contributed by atoms with Crippen molar-refractivity contribution in [2.24, 2.45) is 45.8 Å². The summed E-state index contributed by atoms with van der Waals surface area (Å²) < 4.78 is 0. The molecule has 2 nitrogen and oxygen atoms in total. The molecule has 0 radical (unpaired) electrons. The number of carbonyl (C=O) groups excluding carboxylic acids is 1. The summed E-state index contributed by atoms with van der Waals surface area (Å²) in [5.74, 6) is 3.66. The number of ketones is 1. The molecule has 3 saturated carbocycles. The Morgan fingerprint density at radius 3 is 2.48 bits per heavy atom. The van der Waals surface area contributed by atoms with Crippen molar-refractivity contribution in [3.05, 3.63) is 11.6 Å². The van der Waals surface area contributed by atoms with Crippen molar-refractivity contribution < 1.29 is 4.79 Å². The lowest BCUT2D eigenvalue weighted by atomic mass is 9.45. The number of hydrogen-bond donors (Lipinski definition) is 0. The van der Waals surface area contributed by atoms with Gasteiger partial charge in [-0.15, -0.1) is 0 Å². The Morgan fingerprint density at radius 2 is 1.85 bits per heavy atom. The van der Waals surface area contributed by atoms with Gasteiger partial charge in [0.2, 0.25) is 0 Å². The smallest absolute Gasteiger partial charge is 0.155 e. The molecule has 0 heterocycles. The molecule has 0 N–H and O–H groups in total. The van der Waals surface area contributed by atoms with Gasteiger partial charge in [-0.25, -0.2) is 0 Å². The summed E-state index contributed by atoms with van der Waals surface area (Å²) in [7, 11) is 0. The van der Waals surface area contributed by atoms with E-state index in [9.17, 15) is 10.1 Å². The van der Waals surface area contributed by atoms with Crippen LogP contribution in [0.4, 0.5) is 0 Å². The number of hydrogen-bond acceptors (Lipinski definition) is 2. The maximum atomic E-state index is 12.0. The van der Waals surface area contributed by atoms with Gasteiger partial charge < -0.3 is 0 Å². The van der Waals surface area contributed by atoms with E-state index in [2.05, 4.69) is 40.7 Å². The van der Waals surface area contributed by atoms with Gasteiger partial charge in [0.1, 0.15) is 0 Å². The van der Waals surface area contributed by atoms with Crippen LogP contribution in [-0.4, -0.2) is 5.78 Å². The Bertz CT molecular complexity index is 716. The third kappa shape index (κ3) is 2.27. The molecule has 0 aromatic heterocycles. The van der Waals surface area contributed by atoms with E-state index in [0.717, 1.165) is 31.6 Å². The molecule has 8 atom stereocenters. The average molecular weight is 368 g/mol. The zero-order valence-electron chi connectivity index (χ0n) is 18.0. The van der Waals surface area contributed by atoms with E-state index < -0.39 is 0 Å². The molecule has 0 bridgehead atoms. The molecular formula is C25H37NO. The van der Waals surface area contributed by atoms with Crippen LogP contribution in [0.3, 0.4) is 0 Å². The minimum absolute atomic E-state index is 0.145. The largest absolute Gasteiger partial charge is 0.295 e. The van der Waals surface area contributed by atoms with Crippen molar-refractivity contribution in [2.45, 2.75) is 86.0 Å². The normalized spacial score (nSPS) is 51.6. The molecule has 2 heteroatoms. The SMILES string of the molecule is CCC1C(CC)C(C)(C#N)[C@@]2(C)CC[C@@H]3[C@@H](CCC4=CC(=O)CC[C@@]43C)[C@H]12. The van der Waals surface area contributed by atoms with Gasteiger partial charge >= 0.3 is 0 Å². The second-order valence-corrected chi connectivity index (χ2v) is 10.7. The summed E-state index contributed by atoms with van der Waals surface area (Å²) in [4.78, 5) is 12.0. The summed E-state index contributed by atoms with van der Waals surface area (Å²) in [5.41, 5.74) is 1.62.